The number of benzene rings is 1. The lowest BCUT2D eigenvalue weighted by Gasteiger charge is -2.35. The maximum atomic E-state index is 5.53. The molecule has 2 N–H and O–H groups in total. The minimum absolute atomic E-state index is 0.307. The van der Waals surface area contributed by atoms with Gasteiger partial charge in [-0.3, -0.25) is 9.89 Å². The predicted octanol–water partition coefficient (Wildman–Crippen LogP) is 1.96. The van der Waals surface area contributed by atoms with Crippen LogP contribution in [0.1, 0.15) is 30.5 Å². The van der Waals surface area contributed by atoms with Gasteiger partial charge < -0.3 is 20.1 Å². The Hall–Kier alpha value is -1.63. The van der Waals surface area contributed by atoms with Crippen molar-refractivity contribution in [2.45, 2.75) is 26.3 Å². The summed E-state index contributed by atoms with van der Waals surface area (Å²) in [5.74, 6) is 0.840. The van der Waals surface area contributed by atoms with E-state index in [9.17, 15) is 0 Å². The Morgan fingerprint density at radius 1 is 1.23 bits per heavy atom. The van der Waals surface area contributed by atoms with Crippen molar-refractivity contribution < 1.29 is 9.47 Å². The maximum absolute atomic E-state index is 5.53. The van der Waals surface area contributed by atoms with Crippen LogP contribution >= 0.6 is 0 Å². The van der Waals surface area contributed by atoms with Crippen LogP contribution in [-0.2, 0) is 9.47 Å². The lowest BCUT2D eigenvalue weighted by molar-refractivity contribution is 0.0170. The molecule has 1 atom stereocenters. The monoisotopic (exact) mass is 362 g/mol. The summed E-state index contributed by atoms with van der Waals surface area (Å²) in [6.45, 7) is 10.9. The van der Waals surface area contributed by atoms with Crippen molar-refractivity contribution in [2.75, 3.05) is 59.7 Å². The van der Waals surface area contributed by atoms with Gasteiger partial charge in [0.15, 0.2) is 5.96 Å². The molecule has 146 valence electrons. The SMILES string of the molecule is CCOCCCNC(=NC)NCC(c1ccc(C)cc1)N1CCOCC1. The van der Waals surface area contributed by atoms with Crippen LogP contribution in [0.5, 0.6) is 0 Å². The van der Waals surface area contributed by atoms with Gasteiger partial charge >= 0.3 is 0 Å². The molecular weight excluding hydrogens is 328 g/mol. The van der Waals surface area contributed by atoms with Gasteiger partial charge in [0, 0.05) is 46.4 Å². The van der Waals surface area contributed by atoms with Gasteiger partial charge in [0.25, 0.3) is 0 Å². The molecule has 0 saturated carbocycles. The first-order valence-electron chi connectivity index (χ1n) is 9.65. The molecule has 0 aliphatic carbocycles. The van der Waals surface area contributed by atoms with Crippen molar-refractivity contribution in [3.63, 3.8) is 0 Å². The molecule has 1 aromatic carbocycles. The molecule has 1 heterocycles. The standard InChI is InChI=1S/C20H34N4O2/c1-4-25-13-5-10-22-20(21-3)23-16-19(24-11-14-26-15-12-24)18-8-6-17(2)7-9-18/h6-9,19H,4-5,10-16H2,1-3H3,(H2,21,22,23). The van der Waals surface area contributed by atoms with Crippen molar-refractivity contribution in [1.82, 2.24) is 15.5 Å². The lowest BCUT2D eigenvalue weighted by Crippen LogP contribution is -2.46. The number of hydrogen-bond acceptors (Lipinski definition) is 4. The van der Waals surface area contributed by atoms with Crippen LogP contribution in [-0.4, -0.2) is 70.5 Å². The Morgan fingerprint density at radius 2 is 1.96 bits per heavy atom. The number of aryl methyl sites for hydroxylation is 1. The second kappa shape index (κ2) is 11.9. The summed E-state index contributed by atoms with van der Waals surface area (Å²) in [5, 5.41) is 6.85. The van der Waals surface area contributed by atoms with E-state index in [1.165, 1.54) is 11.1 Å². The zero-order valence-electron chi connectivity index (χ0n) is 16.5. The third-order valence-corrected chi connectivity index (χ3v) is 4.60. The van der Waals surface area contributed by atoms with Gasteiger partial charge in [-0.05, 0) is 25.8 Å². The molecule has 0 spiro atoms. The van der Waals surface area contributed by atoms with E-state index in [1.54, 1.807) is 0 Å². The van der Waals surface area contributed by atoms with Crippen molar-refractivity contribution in [2.24, 2.45) is 4.99 Å². The molecule has 0 bridgehead atoms. The molecule has 0 amide bonds. The second-order valence-electron chi connectivity index (χ2n) is 6.51. The minimum Gasteiger partial charge on any atom is -0.382 e. The second-order valence-corrected chi connectivity index (χ2v) is 6.51. The number of morpholine rings is 1. The molecular formula is C20H34N4O2. The smallest absolute Gasteiger partial charge is 0.191 e. The normalized spacial score (nSPS) is 17.1. The first kappa shape index (κ1) is 20.7. The zero-order chi connectivity index (χ0) is 18.6. The number of aliphatic imine (C=N–C) groups is 1. The Morgan fingerprint density at radius 3 is 2.62 bits per heavy atom. The molecule has 1 fully saturated rings. The first-order valence-corrected chi connectivity index (χ1v) is 9.65. The number of ether oxygens (including phenoxy) is 2. The van der Waals surface area contributed by atoms with Gasteiger partial charge in [0.1, 0.15) is 0 Å². The van der Waals surface area contributed by atoms with E-state index in [0.29, 0.717) is 6.04 Å². The number of nitrogens with zero attached hydrogens (tertiary/aromatic N) is 2. The highest BCUT2D eigenvalue weighted by Gasteiger charge is 2.22. The first-order chi connectivity index (χ1) is 12.7. The summed E-state index contributed by atoms with van der Waals surface area (Å²) in [5.41, 5.74) is 2.62. The van der Waals surface area contributed by atoms with E-state index < -0.39 is 0 Å². The van der Waals surface area contributed by atoms with Gasteiger partial charge in [-0.2, -0.15) is 0 Å². The van der Waals surface area contributed by atoms with Crippen LogP contribution in [0.2, 0.25) is 0 Å². The van der Waals surface area contributed by atoms with Crippen molar-refractivity contribution in [3.8, 4) is 0 Å². The summed E-state index contributed by atoms with van der Waals surface area (Å²) in [7, 11) is 1.81. The Labute approximate surface area is 158 Å². The van der Waals surface area contributed by atoms with E-state index >= 15 is 0 Å². The fraction of sp³-hybridized carbons (Fsp3) is 0.650. The minimum atomic E-state index is 0.307. The van der Waals surface area contributed by atoms with Crippen molar-refractivity contribution in [1.29, 1.82) is 0 Å². The number of nitrogens with one attached hydrogen (secondary N) is 2. The Balaban J connectivity index is 1.91. The van der Waals surface area contributed by atoms with Crippen LogP contribution in [0.3, 0.4) is 0 Å². The Kier molecular flexibility index (Phi) is 9.45. The van der Waals surface area contributed by atoms with Crippen LogP contribution in [0.15, 0.2) is 29.3 Å². The van der Waals surface area contributed by atoms with Crippen LogP contribution in [0.25, 0.3) is 0 Å². The van der Waals surface area contributed by atoms with E-state index in [1.807, 2.05) is 14.0 Å². The average Bonchev–Trinajstić information content (AvgIpc) is 2.68. The highest BCUT2D eigenvalue weighted by Crippen LogP contribution is 2.21. The maximum Gasteiger partial charge on any atom is 0.191 e. The highest BCUT2D eigenvalue weighted by molar-refractivity contribution is 5.79. The van der Waals surface area contributed by atoms with Gasteiger partial charge in [-0.1, -0.05) is 29.8 Å². The van der Waals surface area contributed by atoms with Crippen LogP contribution in [0.4, 0.5) is 0 Å². The molecule has 0 radical (unpaired) electrons. The topological polar surface area (TPSA) is 58.1 Å². The summed E-state index contributed by atoms with van der Waals surface area (Å²) < 4.78 is 10.9. The summed E-state index contributed by atoms with van der Waals surface area (Å²) in [6, 6.07) is 9.14. The van der Waals surface area contributed by atoms with Crippen LogP contribution < -0.4 is 10.6 Å². The zero-order valence-corrected chi connectivity index (χ0v) is 16.5. The molecule has 6 nitrogen and oxygen atoms in total. The third-order valence-electron chi connectivity index (χ3n) is 4.60. The van der Waals surface area contributed by atoms with Crippen LogP contribution in [0, 0.1) is 6.92 Å². The molecule has 1 saturated heterocycles. The molecule has 0 aromatic heterocycles. The molecule has 1 unspecified atom stereocenters. The number of rotatable bonds is 9. The average molecular weight is 363 g/mol. The largest absolute Gasteiger partial charge is 0.382 e. The summed E-state index contributed by atoms with van der Waals surface area (Å²) in [6.07, 6.45) is 0.972. The molecule has 6 heteroatoms. The van der Waals surface area contributed by atoms with E-state index in [-0.39, 0.29) is 0 Å². The summed E-state index contributed by atoms with van der Waals surface area (Å²) >= 11 is 0. The van der Waals surface area contributed by atoms with E-state index in [4.69, 9.17) is 9.47 Å². The quantitative estimate of drug-likeness (QED) is 0.400. The van der Waals surface area contributed by atoms with Gasteiger partial charge in [0.2, 0.25) is 0 Å². The van der Waals surface area contributed by atoms with Crippen molar-refractivity contribution >= 4 is 5.96 Å². The molecule has 2 rings (SSSR count). The van der Waals surface area contributed by atoms with Gasteiger partial charge in [-0.25, -0.2) is 0 Å². The molecule has 1 aromatic rings. The third kappa shape index (κ3) is 6.94. The predicted molar refractivity (Wildman–Crippen MR) is 107 cm³/mol. The van der Waals surface area contributed by atoms with Gasteiger partial charge in [-0.15, -0.1) is 0 Å². The fourth-order valence-electron chi connectivity index (χ4n) is 3.07. The molecule has 1 aliphatic rings. The molecule has 1 aliphatic heterocycles. The highest BCUT2D eigenvalue weighted by atomic mass is 16.5. The van der Waals surface area contributed by atoms with E-state index in [0.717, 1.165) is 65.0 Å². The van der Waals surface area contributed by atoms with Crippen molar-refractivity contribution in [3.05, 3.63) is 35.4 Å². The lowest BCUT2D eigenvalue weighted by atomic mass is 10.0. The summed E-state index contributed by atoms with van der Waals surface area (Å²) in [4.78, 5) is 6.83. The fourth-order valence-corrected chi connectivity index (χ4v) is 3.07. The number of guanidine groups is 1. The molecule has 26 heavy (non-hydrogen) atoms. The Bertz CT molecular complexity index is 527. The number of hydrogen-bond donors (Lipinski definition) is 2. The van der Waals surface area contributed by atoms with E-state index in [2.05, 4.69) is 51.7 Å². The van der Waals surface area contributed by atoms with Gasteiger partial charge in [0.05, 0.1) is 19.3 Å².